The van der Waals surface area contributed by atoms with E-state index in [1.54, 1.807) is 13.8 Å². The van der Waals surface area contributed by atoms with Crippen LogP contribution in [-0.4, -0.2) is 51.0 Å². The Balaban J connectivity index is 2.77. The number of nitrogens with zero attached hydrogens (tertiary/aromatic N) is 1. The Morgan fingerprint density at radius 3 is 1.93 bits per heavy atom. The van der Waals surface area contributed by atoms with Crippen molar-refractivity contribution in [2.24, 2.45) is 0 Å². The lowest BCUT2D eigenvalue weighted by molar-refractivity contribution is 0.425. The lowest BCUT2D eigenvalue weighted by Gasteiger charge is -2.27. The van der Waals surface area contributed by atoms with E-state index in [1.165, 1.54) is 4.31 Å². The molecule has 0 bridgehead atoms. The maximum atomic E-state index is 11.6. The number of sulfonamides is 1. The van der Waals surface area contributed by atoms with Gasteiger partial charge >= 0.3 is 0 Å². The molecule has 7 heteroatoms. The summed E-state index contributed by atoms with van der Waals surface area (Å²) in [5.74, 6) is -0.113. The van der Waals surface area contributed by atoms with Gasteiger partial charge in [-0.2, -0.15) is 4.31 Å². The zero-order valence-electron chi connectivity index (χ0n) is 8.30. The van der Waals surface area contributed by atoms with Crippen LogP contribution in [0, 0.1) is 0 Å². The molecule has 0 aromatic heterocycles. The molecule has 84 valence electrons. The first-order valence-corrected chi connectivity index (χ1v) is 7.77. The second kappa shape index (κ2) is 3.79. The van der Waals surface area contributed by atoms with Crippen LogP contribution in [0.5, 0.6) is 0 Å². The summed E-state index contributed by atoms with van der Waals surface area (Å²) in [6, 6.07) is 0. The maximum Gasteiger partial charge on any atom is 0.216 e. The van der Waals surface area contributed by atoms with E-state index in [4.69, 9.17) is 0 Å². The molecule has 14 heavy (non-hydrogen) atoms. The summed E-state index contributed by atoms with van der Waals surface area (Å²) in [5.41, 5.74) is 0. The van der Waals surface area contributed by atoms with E-state index in [0.29, 0.717) is 0 Å². The van der Waals surface area contributed by atoms with Gasteiger partial charge in [-0.1, -0.05) is 0 Å². The Hall–Kier alpha value is -0.140. The van der Waals surface area contributed by atoms with Crippen molar-refractivity contribution >= 4 is 19.9 Å². The SMILES string of the molecule is CC(C)S(=O)(=O)N1CCS(=O)(=O)CC1. The first kappa shape index (κ1) is 11.9. The summed E-state index contributed by atoms with van der Waals surface area (Å²) < 4.78 is 46.7. The normalized spacial score (nSPS) is 23.9. The molecule has 0 saturated carbocycles. The first-order chi connectivity index (χ1) is 6.26. The predicted octanol–water partition coefficient (Wildman–Crippen LogP) is -0.545. The molecule has 0 aromatic rings. The maximum absolute atomic E-state index is 11.6. The topological polar surface area (TPSA) is 71.5 Å². The van der Waals surface area contributed by atoms with E-state index in [-0.39, 0.29) is 24.6 Å². The van der Waals surface area contributed by atoms with Gasteiger partial charge in [0.1, 0.15) is 0 Å². The molecular formula is C7H15NO4S2. The van der Waals surface area contributed by atoms with Gasteiger partial charge in [0, 0.05) is 13.1 Å². The van der Waals surface area contributed by atoms with Gasteiger partial charge in [-0.15, -0.1) is 0 Å². The molecule has 0 spiro atoms. The molecule has 0 atom stereocenters. The van der Waals surface area contributed by atoms with Crippen molar-refractivity contribution < 1.29 is 16.8 Å². The molecule has 1 saturated heterocycles. The van der Waals surface area contributed by atoms with Crippen LogP contribution < -0.4 is 0 Å². The molecule has 0 amide bonds. The summed E-state index contributed by atoms with van der Waals surface area (Å²) in [6.45, 7) is 3.39. The Morgan fingerprint density at radius 1 is 1.14 bits per heavy atom. The molecule has 5 nitrogen and oxygen atoms in total. The molecule has 0 unspecified atom stereocenters. The van der Waals surface area contributed by atoms with E-state index in [2.05, 4.69) is 0 Å². The fraction of sp³-hybridized carbons (Fsp3) is 1.00. The van der Waals surface area contributed by atoms with Gasteiger partial charge in [0.25, 0.3) is 0 Å². The number of hydrogen-bond donors (Lipinski definition) is 0. The molecule has 0 radical (unpaired) electrons. The highest BCUT2D eigenvalue weighted by Crippen LogP contribution is 2.12. The lowest BCUT2D eigenvalue weighted by atomic mass is 10.6. The molecular weight excluding hydrogens is 226 g/mol. The lowest BCUT2D eigenvalue weighted by Crippen LogP contribution is -2.46. The standard InChI is InChI=1S/C7H15NO4S2/c1-7(2)14(11,12)8-3-5-13(9,10)6-4-8/h7H,3-6H2,1-2H3. The van der Waals surface area contributed by atoms with Gasteiger partial charge in [0.05, 0.1) is 16.8 Å². The van der Waals surface area contributed by atoms with Crippen molar-refractivity contribution in [1.82, 2.24) is 4.31 Å². The van der Waals surface area contributed by atoms with Crippen LogP contribution in [0.1, 0.15) is 13.8 Å². The first-order valence-electron chi connectivity index (χ1n) is 4.45. The smallest absolute Gasteiger partial charge is 0.216 e. The molecule has 1 aliphatic rings. The van der Waals surface area contributed by atoms with Gasteiger partial charge in [-0.25, -0.2) is 16.8 Å². The highest BCUT2D eigenvalue weighted by Gasteiger charge is 2.31. The van der Waals surface area contributed by atoms with Crippen LogP contribution in [0.25, 0.3) is 0 Å². The highest BCUT2D eigenvalue weighted by molar-refractivity contribution is 7.92. The Labute approximate surface area is 85.1 Å². The monoisotopic (exact) mass is 241 g/mol. The van der Waals surface area contributed by atoms with E-state index in [9.17, 15) is 16.8 Å². The van der Waals surface area contributed by atoms with E-state index in [0.717, 1.165) is 0 Å². The van der Waals surface area contributed by atoms with E-state index < -0.39 is 25.1 Å². The van der Waals surface area contributed by atoms with Crippen LogP contribution in [0.4, 0.5) is 0 Å². The Morgan fingerprint density at radius 2 is 1.57 bits per heavy atom. The largest absolute Gasteiger partial charge is 0.229 e. The number of hydrogen-bond acceptors (Lipinski definition) is 4. The summed E-state index contributed by atoms with van der Waals surface area (Å²) in [5, 5.41) is -0.483. The quantitative estimate of drug-likeness (QED) is 0.650. The van der Waals surface area contributed by atoms with Crippen LogP contribution >= 0.6 is 0 Å². The highest BCUT2D eigenvalue weighted by atomic mass is 32.2. The second-order valence-corrected chi connectivity index (χ2v) is 8.44. The third kappa shape index (κ3) is 2.46. The van der Waals surface area contributed by atoms with Gasteiger partial charge in [0.15, 0.2) is 9.84 Å². The van der Waals surface area contributed by atoms with E-state index >= 15 is 0 Å². The Bertz CT molecular complexity index is 381. The molecule has 0 aromatic carbocycles. The molecule has 1 heterocycles. The molecule has 0 aliphatic carbocycles. The predicted molar refractivity (Wildman–Crippen MR) is 54.3 cm³/mol. The average molecular weight is 241 g/mol. The van der Waals surface area contributed by atoms with Gasteiger partial charge in [0.2, 0.25) is 10.0 Å². The van der Waals surface area contributed by atoms with Crippen LogP contribution in [-0.2, 0) is 19.9 Å². The minimum atomic E-state index is -3.28. The molecule has 1 aliphatic heterocycles. The van der Waals surface area contributed by atoms with Crippen molar-refractivity contribution in [3.63, 3.8) is 0 Å². The van der Waals surface area contributed by atoms with Crippen LogP contribution in [0.15, 0.2) is 0 Å². The fourth-order valence-corrected chi connectivity index (χ4v) is 3.97. The summed E-state index contributed by atoms with van der Waals surface area (Å²) >= 11 is 0. The molecule has 0 N–H and O–H groups in total. The number of sulfone groups is 1. The minimum absolute atomic E-state index is 0.0566. The fourth-order valence-electron chi connectivity index (χ4n) is 1.25. The van der Waals surface area contributed by atoms with Gasteiger partial charge < -0.3 is 0 Å². The zero-order chi connectivity index (χ0) is 11.0. The summed E-state index contributed by atoms with van der Waals surface area (Å²) in [7, 11) is -6.29. The van der Waals surface area contributed by atoms with Gasteiger partial charge in [-0.05, 0) is 13.8 Å². The van der Waals surface area contributed by atoms with Crippen molar-refractivity contribution in [3.05, 3.63) is 0 Å². The van der Waals surface area contributed by atoms with Crippen LogP contribution in [0.3, 0.4) is 0 Å². The minimum Gasteiger partial charge on any atom is -0.229 e. The summed E-state index contributed by atoms with van der Waals surface area (Å²) in [6.07, 6.45) is 0. The second-order valence-electron chi connectivity index (χ2n) is 3.64. The zero-order valence-corrected chi connectivity index (χ0v) is 9.94. The number of rotatable bonds is 2. The third-order valence-corrected chi connectivity index (χ3v) is 6.14. The van der Waals surface area contributed by atoms with Crippen molar-refractivity contribution in [2.75, 3.05) is 24.6 Å². The molecule has 1 rings (SSSR count). The Kier molecular flexibility index (Phi) is 3.23. The van der Waals surface area contributed by atoms with E-state index in [1.807, 2.05) is 0 Å². The van der Waals surface area contributed by atoms with Crippen molar-refractivity contribution in [1.29, 1.82) is 0 Å². The average Bonchev–Trinajstić information content (AvgIpc) is 2.03. The third-order valence-electron chi connectivity index (χ3n) is 2.26. The van der Waals surface area contributed by atoms with Crippen molar-refractivity contribution in [2.45, 2.75) is 19.1 Å². The molecule has 1 fully saturated rings. The summed E-state index contributed by atoms with van der Waals surface area (Å²) in [4.78, 5) is 0. The van der Waals surface area contributed by atoms with Crippen molar-refractivity contribution in [3.8, 4) is 0 Å². The van der Waals surface area contributed by atoms with Crippen LogP contribution in [0.2, 0.25) is 0 Å². The van der Waals surface area contributed by atoms with Gasteiger partial charge in [-0.3, -0.25) is 0 Å².